The molecule has 2 aliphatic rings. The summed E-state index contributed by atoms with van der Waals surface area (Å²) in [6, 6.07) is 11.9. The lowest BCUT2D eigenvalue weighted by molar-refractivity contribution is -0.0867. The van der Waals surface area contributed by atoms with E-state index in [0.717, 1.165) is 5.56 Å². The molecule has 0 saturated heterocycles. The fourth-order valence-electron chi connectivity index (χ4n) is 4.67. The van der Waals surface area contributed by atoms with Gasteiger partial charge in [-0.05, 0) is 43.2 Å². The number of carbonyl (C=O) groups is 1. The normalized spacial score (nSPS) is 21.5. The summed E-state index contributed by atoms with van der Waals surface area (Å²) in [5.41, 5.74) is 1.24. The number of carbonyl (C=O) groups excluding carboxylic acids is 1. The second kappa shape index (κ2) is 6.52. The SMILES string of the molecule is CNc1c(-c2ccc3c(c2)[C@@H](N2Cc4ccccc4C2=O)[C@H](O)C(C)(C)O3)c(=O)c1=O. The number of hydrogen-bond acceptors (Lipinski definition) is 6. The number of rotatable bonds is 3. The molecule has 158 valence electrons. The molecule has 2 atom stereocenters. The van der Waals surface area contributed by atoms with Crippen molar-refractivity contribution in [3.05, 3.63) is 79.6 Å². The van der Waals surface area contributed by atoms with E-state index in [1.54, 1.807) is 50.1 Å². The van der Waals surface area contributed by atoms with Crippen LogP contribution in [-0.4, -0.2) is 34.7 Å². The standard InChI is InChI=1S/C24H22N2O5/c1-24(2)22(29)19(26-11-13-6-4-5-7-14(13)23(26)30)15-10-12(8-9-16(15)31-24)17-18(25-3)21(28)20(17)27/h4-10,19,22,25,29H,11H2,1-3H3/t19-,22+/m1/s1. The van der Waals surface area contributed by atoms with Gasteiger partial charge >= 0.3 is 0 Å². The number of fused-ring (bicyclic) bond motifs is 2. The molecule has 0 radical (unpaired) electrons. The second-order valence-corrected chi connectivity index (χ2v) is 8.60. The van der Waals surface area contributed by atoms with E-state index in [0.29, 0.717) is 34.5 Å². The predicted octanol–water partition coefficient (Wildman–Crippen LogP) is 2.22. The van der Waals surface area contributed by atoms with E-state index in [1.165, 1.54) is 0 Å². The molecule has 0 saturated carbocycles. The number of aliphatic hydroxyl groups excluding tert-OH is 1. The Balaban J connectivity index is 1.65. The van der Waals surface area contributed by atoms with Crippen LogP contribution in [0, 0.1) is 0 Å². The van der Waals surface area contributed by atoms with Crippen molar-refractivity contribution in [2.24, 2.45) is 0 Å². The van der Waals surface area contributed by atoms with E-state index in [-0.39, 0.29) is 11.6 Å². The topological polar surface area (TPSA) is 95.9 Å². The minimum atomic E-state index is -0.995. The van der Waals surface area contributed by atoms with E-state index in [4.69, 9.17) is 4.74 Å². The van der Waals surface area contributed by atoms with E-state index < -0.39 is 28.6 Å². The molecule has 0 spiro atoms. The van der Waals surface area contributed by atoms with Crippen molar-refractivity contribution in [2.45, 2.75) is 38.1 Å². The van der Waals surface area contributed by atoms with E-state index in [2.05, 4.69) is 5.32 Å². The summed E-state index contributed by atoms with van der Waals surface area (Å²) in [6.07, 6.45) is -0.995. The lowest BCUT2D eigenvalue weighted by Crippen LogP contribution is -2.53. The maximum absolute atomic E-state index is 13.2. The monoisotopic (exact) mass is 418 g/mol. The Hall–Kier alpha value is -3.45. The summed E-state index contributed by atoms with van der Waals surface area (Å²) >= 11 is 0. The van der Waals surface area contributed by atoms with Crippen LogP contribution in [-0.2, 0) is 6.54 Å². The van der Waals surface area contributed by atoms with Gasteiger partial charge in [0.2, 0.25) is 10.9 Å². The minimum Gasteiger partial charge on any atom is -0.485 e. The average Bonchev–Trinajstić information content (AvgIpc) is 3.08. The Morgan fingerprint density at radius 1 is 1.10 bits per heavy atom. The number of anilines is 1. The van der Waals surface area contributed by atoms with Gasteiger partial charge in [-0.1, -0.05) is 24.3 Å². The fourth-order valence-corrected chi connectivity index (χ4v) is 4.67. The molecular weight excluding hydrogens is 396 g/mol. The van der Waals surface area contributed by atoms with Crippen molar-refractivity contribution < 1.29 is 14.6 Å². The molecule has 1 amide bonds. The van der Waals surface area contributed by atoms with Gasteiger partial charge in [-0.2, -0.15) is 0 Å². The summed E-state index contributed by atoms with van der Waals surface area (Å²) < 4.78 is 6.05. The highest BCUT2D eigenvalue weighted by Gasteiger charge is 2.48. The molecule has 2 aliphatic heterocycles. The third kappa shape index (κ3) is 2.66. The van der Waals surface area contributed by atoms with Gasteiger partial charge < -0.3 is 20.1 Å². The maximum Gasteiger partial charge on any atom is 0.255 e. The predicted molar refractivity (Wildman–Crippen MR) is 116 cm³/mol. The number of nitrogens with one attached hydrogen (secondary N) is 1. The van der Waals surface area contributed by atoms with Gasteiger partial charge in [-0.15, -0.1) is 0 Å². The smallest absolute Gasteiger partial charge is 0.255 e. The molecule has 3 aromatic rings. The zero-order valence-electron chi connectivity index (χ0n) is 17.4. The summed E-state index contributed by atoms with van der Waals surface area (Å²) in [6.45, 7) is 3.94. The van der Waals surface area contributed by atoms with Gasteiger partial charge in [-0.25, -0.2) is 0 Å². The van der Waals surface area contributed by atoms with Crippen molar-refractivity contribution in [1.82, 2.24) is 4.90 Å². The molecular formula is C24H22N2O5. The van der Waals surface area contributed by atoms with Gasteiger partial charge in [0, 0.05) is 24.7 Å². The van der Waals surface area contributed by atoms with Gasteiger partial charge in [0.25, 0.3) is 5.91 Å². The molecule has 0 bridgehead atoms. The molecule has 0 fully saturated rings. The molecule has 2 heterocycles. The highest BCUT2D eigenvalue weighted by molar-refractivity contribution is 5.98. The average molecular weight is 418 g/mol. The number of benzene rings is 2. The van der Waals surface area contributed by atoms with Crippen molar-refractivity contribution >= 4 is 11.6 Å². The number of amides is 1. The van der Waals surface area contributed by atoms with E-state index >= 15 is 0 Å². The number of nitrogens with zero attached hydrogens (tertiary/aromatic N) is 1. The Bertz CT molecular complexity index is 1300. The van der Waals surface area contributed by atoms with Crippen LogP contribution in [0.1, 0.15) is 41.4 Å². The van der Waals surface area contributed by atoms with Crippen LogP contribution in [0.25, 0.3) is 11.1 Å². The Morgan fingerprint density at radius 3 is 2.55 bits per heavy atom. The van der Waals surface area contributed by atoms with Crippen molar-refractivity contribution in [1.29, 1.82) is 0 Å². The molecule has 5 rings (SSSR count). The van der Waals surface area contributed by atoms with E-state index in [1.807, 2.05) is 18.2 Å². The second-order valence-electron chi connectivity index (χ2n) is 8.60. The van der Waals surface area contributed by atoms with Crippen LogP contribution in [0.5, 0.6) is 5.75 Å². The molecule has 7 heteroatoms. The third-order valence-corrected chi connectivity index (χ3v) is 6.35. The molecule has 7 nitrogen and oxygen atoms in total. The van der Waals surface area contributed by atoms with Crippen LogP contribution >= 0.6 is 0 Å². The highest BCUT2D eigenvalue weighted by atomic mass is 16.5. The quantitative estimate of drug-likeness (QED) is 0.634. The molecule has 0 aliphatic carbocycles. The number of aliphatic hydroxyl groups is 1. The molecule has 3 aromatic carbocycles. The number of ether oxygens (including phenoxy) is 1. The lowest BCUT2D eigenvalue weighted by Gasteiger charge is -2.45. The maximum atomic E-state index is 13.2. The lowest BCUT2D eigenvalue weighted by atomic mass is 9.84. The summed E-state index contributed by atoms with van der Waals surface area (Å²) in [5, 5.41) is 14.0. The zero-order chi connectivity index (χ0) is 22.1. The van der Waals surface area contributed by atoms with Gasteiger partial charge in [0.1, 0.15) is 17.5 Å². The minimum absolute atomic E-state index is 0.154. The largest absolute Gasteiger partial charge is 0.485 e. The van der Waals surface area contributed by atoms with Crippen LogP contribution in [0.2, 0.25) is 0 Å². The first kappa shape index (κ1) is 19.5. The van der Waals surface area contributed by atoms with Crippen LogP contribution in [0.15, 0.2) is 52.1 Å². The molecule has 0 unspecified atom stereocenters. The van der Waals surface area contributed by atoms with Gasteiger partial charge in [0.15, 0.2) is 0 Å². The zero-order valence-corrected chi connectivity index (χ0v) is 17.4. The first-order valence-electron chi connectivity index (χ1n) is 10.2. The summed E-state index contributed by atoms with van der Waals surface area (Å²) in [5.74, 6) is 0.385. The highest BCUT2D eigenvalue weighted by Crippen LogP contribution is 2.46. The van der Waals surface area contributed by atoms with Gasteiger partial charge in [-0.3, -0.25) is 14.4 Å². The van der Waals surface area contributed by atoms with E-state index in [9.17, 15) is 19.5 Å². The Morgan fingerprint density at radius 2 is 1.84 bits per heavy atom. The van der Waals surface area contributed by atoms with Crippen LogP contribution < -0.4 is 20.9 Å². The Labute approximate surface area is 178 Å². The van der Waals surface area contributed by atoms with Gasteiger partial charge in [0.05, 0.1) is 17.3 Å². The summed E-state index contributed by atoms with van der Waals surface area (Å²) in [4.78, 5) is 38.9. The molecule has 31 heavy (non-hydrogen) atoms. The Kier molecular flexibility index (Phi) is 4.10. The first-order chi connectivity index (χ1) is 14.7. The molecule has 2 N–H and O–H groups in total. The molecule has 0 aromatic heterocycles. The first-order valence-corrected chi connectivity index (χ1v) is 10.2. The van der Waals surface area contributed by atoms with Crippen molar-refractivity contribution in [2.75, 3.05) is 12.4 Å². The van der Waals surface area contributed by atoms with Crippen molar-refractivity contribution in [3.8, 4) is 16.9 Å². The third-order valence-electron chi connectivity index (χ3n) is 6.35. The van der Waals surface area contributed by atoms with Crippen molar-refractivity contribution in [3.63, 3.8) is 0 Å². The fraction of sp³-hybridized carbons (Fsp3) is 0.292. The van der Waals surface area contributed by atoms with Crippen LogP contribution in [0.4, 0.5) is 5.69 Å². The number of hydrogen-bond donors (Lipinski definition) is 2. The summed E-state index contributed by atoms with van der Waals surface area (Å²) in [7, 11) is 1.59. The van der Waals surface area contributed by atoms with Crippen LogP contribution in [0.3, 0.4) is 0 Å².